The van der Waals surface area contributed by atoms with E-state index in [0.717, 1.165) is 36.8 Å². The monoisotopic (exact) mass is 541 g/mol. The molecule has 0 bridgehead atoms. The molecule has 0 radical (unpaired) electrons. The number of carbonyl (C=O) groups is 2. The molecule has 1 fully saturated rings. The minimum absolute atomic E-state index is 0.0595. The minimum Gasteiger partial charge on any atom is -0.497 e. The third kappa shape index (κ3) is 5.50. The number of amides is 2. The molecular weight excluding hydrogens is 506 g/mol. The Morgan fingerprint density at radius 3 is 2.52 bits per heavy atom. The van der Waals surface area contributed by atoms with Crippen molar-refractivity contribution in [3.05, 3.63) is 77.9 Å². The summed E-state index contributed by atoms with van der Waals surface area (Å²) >= 11 is 0. The lowest BCUT2D eigenvalue weighted by molar-refractivity contribution is -0.127. The van der Waals surface area contributed by atoms with E-state index in [1.807, 2.05) is 55.5 Å². The molecule has 40 heavy (non-hydrogen) atoms. The van der Waals surface area contributed by atoms with Crippen molar-refractivity contribution in [1.82, 2.24) is 20.3 Å². The van der Waals surface area contributed by atoms with Crippen LogP contribution in [-0.4, -0.2) is 47.1 Å². The number of carbonyl (C=O) groups excluding carboxylic acids is 2. The molecule has 1 aromatic heterocycles. The highest BCUT2D eigenvalue weighted by atomic mass is 16.5. The van der Waals surface area contributed by atoms with Crippen LogP contribution in [0.3, 0.4) is 0 Å². The number of methoxy groups -OCH3 is 2. The van der Waals surface area contributed by atoms with Crippen molar-refractivity contribution < 1.29 is 19.1 Å². The smallest absolute Gasteiger partial charge is 0.249 e. The van der Waals surface area contributed by atoms with Crippen LogP contribution in [0.25, 0.3) is 11.0 Å². The second kappa shape index (κ2) is 12.2. The van der Waals surface area contributed by atoms with Crippen molar-refractivity contribution >= 4 is 28.5 Å². The van der Waals surface area contributed by atoms with Crippen LogP contribution >= 0.6 is 0 Å². The largest absolute Gasteiger partial charge is 0.497 e. The zero-order valence-corrected chi connectivity index (χ0v) is 23.2. The molecule has 1 aliphatic carbocycles. The number of ether oxygens (including phenoxy) is 2. The van der Waals surface area contributed by atoms with E-state index in [-0.39, 0.29) is 24.4 Å². The van der Waals surface area contributed by atoms with Crippen molar-refractivity contribution in [1.29, 1.82) is 0 Å². The van der Waals surface area contributed by atoms with E-state index in [9.17, 15) is 9.59 Å². The normalized spacial score (nSPS) is 14.2. The fraction of sp³-hybridized carbons (Fsp3) is 0.355. The molecule has 1 aliphatic rings. The van der Waals surface area contributed by atoms with Crippen molar-refractivity contribution in [2.75, 3.05) is 19.1 Å². The Bertz CT molecular complexity index is 1490. The molecule has 1 heterocycles. The number of nitrogens with zero attached hydrogens (tertiary/aromatic N) is 4. The predicted molar refractivity (Wildman–Crippen MR) is 154 cm³/mol. The first-order valence-corrected chi connectivity index (χ1v) is 13.7. The maximum atomic E-state index is 14.4. The molecule has 2 amide bonds. The SMILES string of the molecule is CCc1ccccc1N(C(=O)Cn1nnc2ccccc21)[C@@H](C(=O)NC1CCCC1)c1cc(OC)ccc1OC. The zero-order valence-electron chi connectivity index (χ0n) is 23.2. The molecule has 0 aliphatic heterocycles. The Labute approximate surface area is 234 Å². The fourth-order valence-electron chi connectivity index (χ4n) is 5.50. The molecule has 4 aromatic rings. The van der Waals surface area contributed by atoms with Crippen molar-refractivity contribution in [3.63, 3.8) is 0 Å². The van der Waals surface area contributed by atoms with Crippen LogP contribution < -0.4 is 19.7 Å². The lowest BCUT2D eigenvalue weighted by Crippen LogP contribution is -2.47. The molecule has 9 nitrogen and oxygen atoms in total. The van der Waals surface area contributed by atoms with Crippen LogP contribution in [0.15, 0.2) is 66.7 Å². The average Bonchev–Trinajstić information content (AvgIpc) is 3.65. The third-order valence-electron chi connectivity index (χ3n) is 7.55. The van der Waals surface area contributed by atoms with E-state index < -0.39 is 6.04 Å². The number of para-hydroxylation sites is 2. The summed E-state index contributed by atoms with van der Waals surface area (Å²) in [4.78, 5) is 30.3. The number of rotatable bonds is 10. The second-order valence-corrected chi connectivity index (χ2v) is 9.98. The van der Waals surface area contributed by atoms with Gasteiger partial charge in [-0.2, -0.15) is 0 Å². The number of benzene rings is 3. The van der Waals surface area contributed by atoms with Crippen molar-refractivity contribution in [2.24, 2.45) is 0 Å². The summed E-state index contributed by atoms with van der Waals surface area (Å²) in [6, 6.07) is 19.6. The standard InChI is InChI=1S/C31H35N5O4/c1-4-21-11-5-9-15-26(21)36(29(37)20-35-27-16-10-8-14-25(27)33-34-35)30(31(38)32-22-12-6-7-13-22)24-19-23(39-2)17-18-28(24)40-3/h5,8-11,14-19,22,30H,4,6-7,12-13,20H2,1-3H3,(H,32,38)/t30-/m1/s1. The van der Waals surface area contributed by atoms with Gasteiger partial charge in [-0.1, -0.05) is 55.3 Å². The number of hydrogen-bond acceptors (Lipinski definition) is 6. The Balaban J connectivity index is 1.66. The summed E-state index contributed by atoms with van der Waals surface area (Å²) < 4.78 is 12.8. The highest BCUT2D eigenvalue weighted by Crippen LogP contribution is 2.38. The quantitative estimate of drug-likeness (QED) is 0.308. The number of aryl methyl sites for hydroxylation is 1. The van der Waals surface area contributed by atoms with Gasteiger partial charge >= 0.3 is 0 Å². The summed E-state index contributed by atoms with van der Waals surface area (Å²) in [6.45, 7) is 1.93. The fourth-order valence-corrected chi connectivity index (χ4v) is 5.50. The van der Waals surface area contributed by atoms with Gasteiger partial charge in [-0.3, -0.25) is 14.5 Å². The van der Waals surface area contributed by atoms with E-state index >= 15 is 0 Å². The van der Waals surface area contributed by atoms with Gasteiger partial charge in [-0.05, 0) is 61.2 Å². The zero-order chi connectivity index (χ0) is 28.1. The van der Waals surface area contributed by atoms with Crippen LogP contribution in [0.1, 0.15) is 49.8 Å². The highest BCUT2D eigenvalue weighted by Gasteiger charge is 2.37. The van der Waals surface area contributed by atoms with Crippen LogP contribution in [0.2, 0.25) is 0 Å². The summed E-state index contributed by atoms with van der Waals surface area (Å²) in [7, 11) is 3.13. The molecule has 1 atom stereocenters. The second-order valence-electron chi connectivity index (χ2n) is 9.98. The molecule has 208 valence electrons. The number of nitrogens with one attached hydrogen (secondary N) is 1. The number of hydrogen-bond donors (Lipinski definition) is 1. The van der Waals surface area contributed by atoms with Gasteiger partial charge in [0.05, 0.1) is 19.7 Å². The molecule has 0 unspecified atom stereocenters. The molecule has 3 aromatic carbocycles. The topological polar surface area (TPSA) is 98.6 Å². The Morgan fingerprint density at radius 2 is 1.77 bits per heavy atom. The molecule has 1 N–H and O–H groups in total. The van der Waals surface area contributed by atoms with Crippen LogP contribution in [0.4, 0.5) is 5.69 Å². The number of aromatic nitrogens is 3. The maximum absolute atomic E-state index is 14.4. The molecule has 0 saturated heterocycles. The van der Waals surface area contributed by atoms with Gasteiger partial charge in [0, 0.05) is 17.3 Å². The minimum atomic E-state index is -1.01. The third-order valence-corrected chi connectivity index (χ3v) is 7.55. The first kappa shape index (κ1) is 27.2. The summed E-state index contributed by atoms with van der Waals surface area (Å²) in [5.41, 5.74) is 3.59. The maximum Gasteiger partial charge on any atom is 0.249 e. The van der Waals surface area contributed by atoms with Crippen molar-refractivity contribution in [2.45, 2.75) is 57.7 Å². The van der Waals surface area contributed by atoms with Crippen LogP contribution in [0.5, 0.6) is 11.5 Å². The van der Waals surface area contributed by atoms with E-state index in [1.165, 1.54) is 0 Å². The highest BCUT2D eigenvalue weighted by molar-refractivity contribution is 6.02. The lowest BCUT2D eigenvalue weighted by atomic mass is 9.99. The molecule has 9 heteroatoms. The Morgan fingerprint density at radius 1 is 1.02 bits per heavy atom. The Hall–Kier alpha value is -4.40. The summed E-state index contributed by atoms with van der Waals surface area (Å²) in [5.74, 6) is 0.493. The van der Waals surface area contributed by atoms with Gasteiger partial charge in [0.2, 0.25) is 11.8 Å². The lowest BCUT2D eigenvalue weighted by Gasteiger charge is -2.34. The van der Waals surface area contributed by atoms with Gasteiger partial charge in [0.25, 0.3) is 0 Å². The molecular formula is C31H35N5O4. The van der Waals surface area contributed by atoms with Gasteiger partial charge < -0.3 is 14.8 Å². The summed E-state index contributed by atoms with van der Waals surface area (Å²) in [6.07, 6.45) is 4.65. The van der Waals surface area contributed by atoms with E-state index in [0.29, 0.717) is 34.7 Å². The van der Waals surface area contributed by atoms with Gasteiger partial charge in [-0.25, -0.2) is 4.68 Å². The van der Waals surface area contributed by atoms with Gasteiger partial charge in [-0.15, -0.1) is 5.10 Å². The molecule has 1 saturated carbocycles. The van der Waals surface area contributed by atoms with E-state index in [1.54, 1.807) is 42.0 Å². The van der Waals surface area contributed by atoms with E-state index in [2.05, 4.69) is 15.6 Å². The number of fused-ring (bicyclic) bond motifs is 1. The molecule has 5 rings (SSSR count). The van der Waals surface area contributed by atoms with Gasteiger partial charge in [0.1, 0.15) is 29.6 Å². The predicted octanol–water partition coefficient (Wildman–Crippen LogP) is 4.84. The van der Waals surface area contributed by atoms with Crippen LogP contribution in [0, 0.1) is 0 Å². The summed E-state index contributed by atoms with van der Waals surface area (Å²) in [5, 5.41) is 11.7. The number of anilines is 1. The first-order valence-electron chi connectivity index (χ1n) is 13.7. The first-order chi connectivity index (χ1) is 19.5. The van der Waals surface area contributed by atoms with E-state index in [4.69, 9.17) is 9.47 Å². The Kier molecular flexibility index (Phi) is 8.28. The van der Waals surface area contributed by atoms with Gasteiger partial charge in [0.15, 0.2) is 0 Å². The molecule has 0 spiro atoms. The average molecular weight is 542 g/mol. The van der Waals surface area contributed by atoms with Crippen molar-refractivity contribution in [3.8, 4) is 11.5 Å². The van der Waals surface area contributed by atoms with Crippen LogP contribution in [-0.2, 0) is 22.6 Å².